The summed E-state index contributed by atoms with van der Waals surface area (Å²) in [5.74, 6) is -0.472. The highest BCUT2D eigenvalue weighted by Crippen LogP contribution is 2.42. The van der Waals surface area contributed by atoms with E-state index in [1.807, 2.05) is 0 Å². The van der Waals surface area contributed by atoms with Crippen LogP contribution in [0.25, 0.3) is 0 Å². The molecule has 1 aliphatic heterocycles. The Labute approximate surface area is 140 Å². The molecule has 1 N–H and O–H groups in total. The fraction of sp³-hybridized carbons (Fsp3) is 0.412. The van der Waals surface area contributed by atoms with Gasteiger partial charge in [0.2, 0.25) is 0 Å². The highest BCUT2D eigenvalue weighted by molar-refractivity contribution is 6.08. The predicted octanol–water partition coefficient (Wildman–Crippen LogP) is 1.63. The summed E-state index contributed by atoms with van der Waals surface area (Å²) in [5.41, 5.74) is 0.609. The number of carbonyl (C=O) groups is 2. The first-order valence-electron chi connectivity index (χ1n) is 7.42. The number of hydrogen-bond donors (Lipinski definition) is 1. The monoisotopic (exact) mass is 335 g/mol. The molecular formula is C17H21NO6. The smallest absolute Gasteiger partial charge is 0.290 e. The molecule has 0 bridgehead atoms. The minimum Gasteiger partial charge on any atom is -0.503 e. The Morgan fingerprint density at radius 2 is 1.96 bits per heavy atom. The maximum absolute atomic E-state index is 12.4. The zero-order chi connectivity index (χ0) is 17.9. The van der Waals surface area contributed by atoms with Crippen LogP contribution in [0.1, 0.15) is 18.5 Å². The molecule has 0 fully saturated rings. The topological polar surface area (TPSA) is 85.3 Å². The minimum absolute atomic E-state index is 0.0441. The van der Waals surface area contributed by atoms with Gasteiger partial charge in [0.05, 0.1) is 32.4 Å². The van der Waals surface area contributed by atoms with E-state index in [9.17, 15) is 14.7 Å². The number of nitrogens with zero attached hydrogens (tertiary/aromatic N) is 1. The summed E-state index contributed by atoms with van der Waals surface area (Å²) in [7, 11) is 4.53. The van der Waals surface area contributed by atoms with Crippen molar-refractivity contribution in [1.82, 2.24) is 4.90 Å². The molecule has 7 heteroatoms. The van der Waals surface area contributed by atoms with E-state index in [4.69, 9.17) is 14.2 Å². The normalized spacial score (nSPS) is 17.4. The Hall–Kier alpha value is -2.54. The first-order chi connectivity index (χ1) is 11.5. The average molecular weight is 335 g/mol. The van der Waals surface area contributed by atoms with Crippen molar-refractivity contribution in [2.45, 2.75) is 13.0 Å². The Morgan fingerprint density at radius 3 is 2.50 bits per heavy atom. The van der Waals surface area contributed by atoms with Crippen molar-refractivity contribution in [1.29, 1.82) is 0 Å². The van der Waals surface area contributed by atoms with Crippen LogP contribution in [-0.2, 0) is 14.3 Å². The van der Waals surface area contributed by atoms with E-state index < -0.39 is 17.7 Å². The molecule has 0 unspecified atom stereocenters. The largest absolute Gasteiger partial charge is 0.503 e. The molecule has 24 heavy (non-hydrogen) atoms. The summed E-state index contributed by atoms with van der Waals surface area (Å²) in [6.45, 7) is 1.81. The highest BCUT2D eigenvalue weighted by Gasteiger charge is 2.43. The van der Waals surface area contributed by atoms with Crippen molar-refractivity contribution in [3.05, 3.63) is 35.1 Å². The summed E-state index contributed by atoms with van der Waals surface area (Å²) in [5, 5.41) is 10.2. The van der Waals surface area contributed by atoms with Crippen LogP contribution < -0.4 is 9.47 Å². The Kier molecular flexibility index (Phi) is 5.46. The number of methoxy groups -OCH3 is 3. The lowest BCUT2D eigenvalue weighted by Gasteiger charge is -2.27. The van der Waals surface area contributed by atoms with Crippen molar-refractivity contribution in [3.8, 4) is 11.5 Å². The fourth-order valence-electron chi connectivity index (χ4n) is 2.81. The van der Waals surface area contributed by atoms with Gasteiger partial charge in [-0.25, -0.2) is 0 Å². The van der Waals surface area contributed by atoms with Crippen LogP contribution in [0.2, 0.25) is 0 Å². The lowest BCUT2D eigenvalue weighted by atomic mass is 9.95. The summed E-state index contributed by atoms with van der Waals surface area (Å²) in [6, 6.07) is 4.35. The van der Waals surface area contributed by atoms with E-state index in [-0.39, 0.29) is 24.5 Å². The van der Waals surface area contributed by atoms with Crippen molar-refractivity contribution < 1.29 is 28.9 Å². The molecular weight excluding hydrogens is 314 g/mol. The van der Waals surface area contributed by atoms with E-state index in [2.05, 4.69) is 0 Å². The molecule has 130 valence electrons. The Morgan fingerprint density at radius 1 is 1.25 bits per heavy atom. The zero-order valence-corrected chi connectivity index (χ0v) is 14.2. The van der Waals surface area contributed by atoms with E-state index >= 15 is 0 Å². The number of ketones is 1. The van der Waals surface area contributed by atoms with Gasteiger partial charge in [-0.2, -0.15) is 0 Å². The average Bonchev–Trinajstić information content (AvgIpc) is 2.83. The van der Waals surface area contributed by atoms with Gasteiger partial charge in [-0.15, -0.1) is 0 Å². The van der Waals surface area contributed by atoms with Gasteiger partial charge >= 0.3 is 0 Å². The first kappa shape index (κ1) is 17.8. The SMILES string of the molecule is COCCN1C(=O)C(O)=C(C(C)=O)[C@@H]1c1cc(OC)ccc1OC. The molecule has 1 aliphatic rings. The van der Waals surface area contributed by atoms with Gasteiger partial charge < -0.3 is 24.2 Å². The molecule has 0 radical (unpaired) electrons. The standard InChI is InChI=1S/C17H21NO6/c1-10(19)14-15(18(7-8-22-2)17(21)16(14)20)12-9-11(23-3)5-6-13(12)24-4/h5-6,9,15,20H,7-8H2,1-4H3/t15-/m0/s1. The van der Waals surface area contributed by atoms with Crippen LogP contribution in [0.3, 0.4) is 0 Å². The Bertz CT molecular complexity index is 682. The quantitative estimate of drug-likeness (QED) is 0.815. The van der Waals surface area contributed by atoms with Crippen LogP contribution >= 0.6 is 0 Å². The third kappa shape index (κ3) is 3.07. The zero-order valence-electron chi connectivity index (χ0n) is 14.2. The van der Waals surface area contributed by atoms with Crippen LogP contribution in [0.4, 0.5) is 0 Å². The van der Waals surface area contributed by atoms with E-state index in [0.29, 0.717) is 17.1 Å². The molecule has 0 aliphatic carbocycles. The molecule has 1 aromatic rings. The summed E-state index contributed by atoms with van der Waals surface area (Å²) in [4.78, 5) is 25.9. The molecule has 2 rings (SSSR count). The molecule has 1 heterocycles. The second kappa shape index (κ2) is 7.35. The molecule has 0 aromatic heterocycles. The van der Waals surface area contributed by atoms with Gasteiger partial charge in [-0.1, -0.05) is 0 Å². The maximum Gasteiger partial charge on any atom is 0.290 e. The highest BCUT2D eigenvalue weighted by atomic mass is 16.5. The third-order valence-corrected chi connectivity index (χ3v) is 3.95. The van der Waals surface area contributed by atoms with E-state index in [1.54, 1.807) is 18.2 Å². The fourth-order valence-corrected chi connectivity index (χ4v) is 2.81. The number of aliphatic hydroxyl groups is 1. The number of ether oxygens (including phenoxy) is 3. The molecule has 0 saturated carbocycles. The van der Waals surface area contributed by atoms with Gasteiger partial charge in [-0.3, -0.25) is 9.59 Å². The van der Waals surface area contributed by atoms with Crippen molar-refractivity contribution in [2.24, 2.45) is 0 Å². The van der Waals surface area contributed by atoms with Crippen LogP contribution in [0.5, 0.6) is 11.5 Å². The summed E-state index contributed by atoms with van der Waals surface area (Å²) >= 11 is 0. The number of Topliss-reactive ketones (excluding diaryl/α,β-unsaturated/α-hetero) is 1. The van der Waals surface area contributed by atoms with Crippen LogP contribution in [0, 0.1) is 0 Å². The second-order valence-corrected chi connectivity index (χ2v) is 5.32. The van der Waals surface area contributed by atoms with E-state index in [0.717, 1.165) is 0 Å². The Balaban J connectivity index is 2.61. The van der Waals surface area contributed by atoms with Gasteiger partial charge in [0.25, 0.3) is 5.91 Å². The molecule has 7 nitrogen and oxygen atoms in total. The van der Waals surface area contributed by atoms with Gasteiger partial charge in [0.1, 0.15) is 11.5 Å². The van der Waals surface area contributed by atoms with Crippen LogP contribution in [0.15, 0.2) is 29.5 Å². The first-order valence-corrected chi connectivity index (χ1v) is 7.42. The van der Waals surface area contributed by atoms with E-state index in [1.165, 1.54) is 33.2 Å². The molecule has 0 spiro atoms. The number of carbonyl (C=O) groups excluding carboxylic acids is 2. The summed E-state index contributed by atoms with van der Waals surface area (Å²) < 4.78 is 15.6. The lowest BCUT2D eigenvalue weighted by molar-refractivity contribution is -0.130. The number of benzene rings is 1. The summed E-state index contributed by atoms with van der Waals surface area (Å²) in [6.07, 6.45) is 0. The third-order valence-electron chi connectivity index (χ3n) is 3.95. The van der Waals surface area contributed by atoms with Crippen molar-refractivity contribution >= 4 is 11.7 Å². The molecule has 1 amide bonds. The molecule has 1 atom stereocenters. The number of aliphatic hydroxyl groups excluding tert-OH is 1. The van der Waals surface area contributed by atoms with Gasteiger partial charge in [0.15, 0.2) is 11.5 Å². The van der Waals surface area contributed by atoms with Crippen molar-refractivity contribution in [2.75, 3.05) is 34.5 Å². The van der Waals surface area contributed by atoms with Gasteiger partial charge in [-0.05, 0) is 25.1 Å². The second-order valence-electron chi connectivity index (χ2n) is 5.32. The molecule has 0 saturated heterocycles. The maximum atomic E-state index is 12.4. The van der Waals surface area contributed by atoms with Crippen LogP contribution in [-0.4, -0.2) is 56.2 Å². The predicted molar refractivity (Wildman–Crippen MR) is 86.2 cm³/mol. The number of rotatable bonds is 7. The van der Waals surface area contributed by atoms with Crippen molar-refractivity contribution in [3.63, 3.8) is 0 Å². The lowest BCUT2D eigenvalue weighted by Crippen LogP contribution is -2.34. The van der Waals surface area contributed by atoms with Gasteiger partial charge in [0, 0.05) is 19.2 Å². The molecule has 1 aromatic carbocycles. The number of amides is 1. The number of hydrogen-bond acceptors (Lipinski definition) is 6. The minimum atomic E-state index is -0.754.